The smallest absolute Gasteiger partial charge is 0.0465 e. The average Bonchev–Trinajstić information content (AvgIpc) is 3.41. The van der Waals surface area contributed by atoms with Gasteiger partial charge < -0.3 is 4.90 Å². The van der Waals surface area contributed by atoms with Gasteiger partial charge in [0.2, 0.25) is 0 Å². The summed E-state index contributed by atoms with van der Waals surface area (Å²) in [4.78, 5) is 2.39. The van der Waals surface area contributed by atoms with Crippen molar-refractivity contribution in [2.24, 2.45) is 0 Å². The van der Waals surface area contributed by atoms with Crippen LogP contribution in [0.25, 0.3) is 50.2 Å². The number of nitrogens with zero attached hydrogens (tertiary/aromatic N) is 1. The van der Waals surface area contributed by atoms with Gasteiger partial charge >= 0.3 is 0 Å². The molecule has 2 aliphatic rings. The molecule has 0 atom stereocenters. The SMILES string of the molecule is C=C/C=C\C=C\c1ccc2c(c1)-c1c(-c3ccc(N(c4ccccc4)c4ccc5c(c4)C(C)(C)c4ccccc4-5)cc3)ccc3cccc(c13)C2(C)C. The van der Waals surface area contributed by atoms with Crippen molar-refractivity contribution in [3.8, 4) is 33.4 Å². The summed E-state index contributed by atoms with van der Waals surface area (Å²) in [7, 11) is 0. The Labute approximate surface area is 313 Å². The van der Waals surface area contributed by atoms with Crippen LogP contribution < -0.4 is 4.90 Å². The first-order valence-electron chi connectivity index (χ1n) is 18.6. The highest BCUT2D eigenvalue weighted by Crippen LogP contribution is 2.53. The minimum Gasteiger partial charge on any atom is -0.310 e. The second kappa shape index (κ2) is 12.5. The third kappa shape index (κ3) is 5.22. The van der Waals surface area contributed by atoms with Gasteiger partial charge in [0.05, 0.1) is 0 Å². The first-order valence-corrected chi connectivity index (χ1v) is 18.6. The van der Waals surface area contributed by atoms with E-state index in [9.17, 15) is 0 Å². The molecule has 0 aromatic heterocycles. The minimum absolute atomic E-state index is 0.0761. The maximum Gasteiger partial charge on any atom is 0.0465 e. The Balaban J connectivity index is 1.18. The second-order valence-electron chi connectivity index (χ2n) is 15.4. The van der Waals surface area contributed by atoms with E-state index in [0.717, 1.165) is 17.1 Å². The Kier molecular flexibility index (Phi) is 7.71. The van der Waals surface area contributed by atoms with Gasteiger partial charge in [-0.3, -0.25) is 0 Å². The Morgan fingerprint density at radius 2 is 1.13 bits per heavy atom. The van der Waals surface area contributed by atoms with Gasteiger partial charge in [-0.25, -0.2) is 0 Å². The van der Waals surface area contributed by atoms with E-state index in [0.29, 0.717) is 0 Å². The van der Waals surface area contributed by atoms with Gasteiger partial charge in [0, 0.05) is 27.9 Å². The standard InChI is InChI=1S/C52H43N/c1-6-7-8-10-16-35-23-32-46-44(33-35)50-41(30-26-37-17-15-22-47(49(37)50)51(46,2)3)36-24-27-39(28-25-36)53(38-18-11-9-12-19-38)40-29-31-43-42-20-13-14-21-45(42)52(4,5)48(43)34-40/h6-34H,1H2,2-5H3/b8-7-,16-10+. The highest BCUT2D eigenvalue weighted by Gasteiger charge is 2.36. The maximum atomic E-state index is 3.81. The van der Waals surface area contributed by atoms with E-state index in [-0.39, 0.29) is 10.8 Å². The van der Waals surface area contributed by atoms with Crippen molar-refractivity contribution in [2.45, 2.75) is 38.5 Å². The predicted octanol–water partition coefficient (Wildman–Crippen LogP) is 14.3. The first kappa shape index (κ1) is 32.7. The van der Waals surface area contributed by atoms with Crippen LogP contribution >= 0.6 is 0 Å². The summed E-state index contributed by atoms with van der Waals surface area (Å²) in [6.07, 6.45) is 10.1. The van der Waals surface area contributed by atoms with Crippen LogP contribution in [0, 0.1) is 0 Å². The zero-order chi connectivity index (χ0) is 36.3. The fraction of sp³-hybridized carbons (Fsp3) is 0.115. The van der Waals surface area contributed by atoms with E-state index in [1.807, 2.05) is 12.2 Å². The predicted molar refractivity (Wildman–Crippen MR) is 228 cm³/mol. The largest absolute Gasteiger partial charge is 0.310 e. The van der Waals surface area contributed by atoms with Crippen molar-refractivity contribution >= 4 is 33.9 Å². The van der Waals surface area contributed by atoms with Gasteiger partial charge in [0.1, 0.15) is 0 Å². The van der Waals surface area contributed by atoms with Crippen molar-refractivity contribution in [1.82, 2.24) is 0 Å². The zero-order valence-corrected chi connectivity index (χ0v) is 30.9. The summed E-state index contributed by atoms with van der Waals surface area (Å²) in [5.74, 6) is 0. The van der Waals surface area contributed by atoms with E-state index in [1.54, 1.807) is 6.08 Å². The summed E-state index contributed by atoms with van der Waals surface area (Å²) in [5.41, 5.74) is 17.7. The lowest BCUT2D eigenvalue weighted by molar-refractivity contribution is 0.645. The second-order valence-corrected chi connectivity index (χ2v) is 15.4. The molecule has 0 aliphatic heterocycles. The summed E-state index contributed by atoms with van der Waals surface area (Å²) < 4.78 is 0. The quantitative estimate of drug-likeness (QED) is 0.151. The van der Waals surface area contributed by atoms with Crippen LogP contribution in [0.4, 0.5) is 17.1 Å². The fourth-order valence-corrected chi connectivity index (χ4v) is 8.94. The molecule has 0 heterocycles. The number of rotatable bonds is 7. The number of para-hydroxylation sites is 1. The molecule has 0 saturated carbocycles. The lowest BCUT2D eigenvalue weighted by Gasteiger charge is -2.36. The van der Waals surface area contributed by atoms with E-state index in [4.69, 9.17) is 0 Å². The molecular weight excluding hydrogens is 639 g/mol. The molecule has 0 N–H and O–H groups in total. The number of anilines is 3. The molecule has 9 rings (SSSR count). The summed E-state index contributed by atoms with van der Waals surface area (Å²) in [5, 5.41) is 2.63. The van der Waals surface area contributed by atoms with Crippen LogP contribution in [-0.2, 0) is 10.8 Å². The van der Waals surface area contributed by atoms with E-state index in [2.05, 4.69) is 197 Å². The summed E-state index contributed by atoms with van der Waals surface area (Å²) >= 11 is 0. The number of allylic oxidation sites excluding steroid dienone is 4. The van der Waals surface area contributed by atoms with Gasteiger partial charge in [-0.05, 0) is 114 Å². The van der Waals surface area contributed by atoms with Gasteiger partial charge in [-0.2, -0.15) is 0 Å². The molecular formula is C52H43N. The van der Waals surface area contributed by atoms with Crippen LogP contribution in [0.3, 0.4) is 0 Å². The Bertz CT molecular complexity index is 2610. The number of hydrogen-bond acceptors (Lipinski definition) is 1. The van der Waals surface area contributed by atoms with Crippen molar-refractivity contribution in [3.05, 3.63) is 204 Å². The number of hydrogen-bond donors (Lipinski definition) is 0. The summed E-state index contributed by atoms with van der Waals surface area (Å²) in [6, 6.07) is 54.2. The number of fused-ring (bicyclic) bond motifs is 5. The molecule has 256 valence electrons. The van der Waals surface area contributed by atoms with Crippen LogP contribution in [0.5, 0.6) is 0 Å². The molecule has 0 spiro atoms. The highest BCUT2D eigenvalue weighted by molar-refractivity contribution is 6.09. The lowest BCUT2D eigenvalue weighted by Crippen LogP contribution is -2.24. The van der Waals surface area contributed by atoms with Crippen molar-refractivity contribution in [3.63, 3.8) is 0 Å². The molecule has 0 radical (unpaired) electrons. The topological polar surface area (TPSA) is 3.24 Å². The van der Waals surface area contributed by atoms with E-state index in [1.165, 1.54) is 72.0 Å². The monoisotopic (exact) mass is 681 g/mol. The Hall–Kier alpha value is -6.18. The van der Waals surface area contributed by atoms with Gasteiger partial charge in [0.25, 0.3) is 0 Å². The molecule has 0 amide bonds. The molecule has 7 aromatic carbocycles. The zero-order valence-electron chi connectivity index (χ0n) is 30.9. The lowest BCUT2D eigenvalue weighted by atomic mass is 9.67. The molecule has 53 heavy (non-hydrogen) atoms. The fourth-order valence-electron chi connectivity index (χ4n) is 8.94. The van der Waals surface area contributed by atoms with Gasteiger partial charge in [-0.1, -0.05) is 168 Å². The van der Waals surface area contributed by atoms with Crippen LogP contribution in [0.15, 0.2) is 176 Å². The third-order valence-corrected chi connectivity index (χ3v) is 11.6. The van der Waals surface area contributed by atoms with Crippen molar-refractivity contribution in [2.75, 3.05) is 4.90 Å². The molecule has 2 aliphatic carbocycles. The molecule has 1 nitrogen and oxygen atoms in total. The Morgan fingerprint density at radius 1 is 0.472 bits per heavy atom. The van der Waals surface area contributed by atoms with Crippen molar-refractivity contribution in [1.29, 1.82) is 0 Å². The van der Waals surface area contributed by atoms with Crippen LogP contribution in [0.2, 0.25) is 0 Å². The molecule has 7 aromatic rings. The number of benzene rings is 7. The molecule has 0 bridgehead atoms. The van der Waals surface area contributed by atoms with Crippen LogP contribution in [0.1, 0.15) is 55.5 Å². The van der Waals surface area contributed by atoms with Gasteiger partial charge in [-0.15, -0.1) is 0 Å². The maximum absolute atomic E-state index is 3.81. The normalized spacial score (nSPS) is 14.6. The highest BCUT2D eigenvalue weighted by atomic mass is 15.1. The molecule has 0 unspecified atom stereocenters. The Morgan fingerprint density at radius 3 is 1.94 bits per heavy atom. The van der Waals surface area contributed by atoms with Crippen molar-refractivity contribution < 1.29 is 0 Å². The first-order chi connectivity index (χ1) is 25.8. The summed E-state index contributed by atoms with van der Waals surface area (Å²) in [6.45, 7) is 13.2. The van der Waals surface area contributed by atoms with Crippen LogP contribution in [-0.4, -0.2) is 0 Å². The molecule has 0 saturated heterocycles. The van der Waals surface area contributed by atoms with E-state index >= 15 is 0 Å². The molecule has 0 fully saturated rings. The third-order valence-electron chi connectivity index (χ3n) is 11.6. The average molecular weight is 682 g/mol. The minimum atomic E-state index is -0.128. The van der Waals surface area contributed by atoms with Gasteiger partial charge in [0.15, 0.2) is 0 Å². The van der Waals surface area contributed by atoms with E-state index < -0.39 is 0 Å². The molecule has 1 heteroatoms.